The van der Waals surface area contributed by atoms with Crippen LogP contribution in [0, 0.1) is 0 Å². The molecule has 23 heavy (non-hydrogen) atoms. The Labute approximate surface area is 136 Å². The number of urea groups is 1. The van der Waals surface area contributed by atoms with Gasteiger partial charge in [0.1, 0.15) is 0 Å². The SMILES string of the molecule is CN(CCC(=O)O)C(=O)NC1CCC(O)(c2ccccc2)CC1. The molecule has 2 rings (SSSR count). The highest BCUT2D eigenvalue weighted by Gasteiger charge is 2.35. The lowest BCUT2D eigenvalue weighted by Gasteiger charge is -2.37. The van der Waals surface area contributed by atoms with E-state index in [0.717, 1.165) is 5.56 Å². The van der Waals surface area contributed by atoms with Crippen LogP contribution in [0.25, 0.3) is 0 Å². The molecule has 0 saturated heterocycles. The van der Waals surface area contributed by atoms with Crippen molar-refractivity contribution < 1.29 is 19.8 Å². The Bertz CT molecular complexity index is 539. The Balaban J connectivity index is 1.82. The maximum Gasteiger partial charge on any atom is 0.317 e. The van der Waals surface area contributed by atoms with E-state index in [2.05, 4.69) is 5.32 Å². The van der Waals surface area contributed by atoms with E-state index in [0.29, 0.717) is 25.7 Å². The largest absolute Gasteiger partial charge is 0.481 e. The number of nitrogens with one attached hydrogen (secondary N) is 1. The molecule has 1 aliphatic rings. The van der Waals surface area contributed by atoms with Crippen molar-refractivity contribution in [3.8, 4) is 0 Å². The molecule has 0 atom stereocenters. The minimum atomic E-state index is -0.921. The van der Waals surface area contributed by atoms with Crippen molar-refractivity contribution in [1.29, 1.82) is 0 Å². The van der Waals surface area contributed by atoms with Crippen LogP contribution in [0.2, 0.25) is 0 Å². The number of carbonyl (C=O) groups is 2. The van der Waals surface area contributed by atoms with Gasteiger partial charge in [-0.15, -0.1) is 0 Å². The predicted octanol–water partition coefficient (Wildman–Crippen LogP) is 1.93. The van der Waals surface area contributed by atoms with Gasteiger partial charge in [0.15, 0.2) is 0 Å². The number of hydrogen-bond acceptors (Lipinski definition) is 3. The standard InChI is InChI=1S/C17H24N2O4/c1-19(12-9-15(20)21)16(22)18-14-7-10-17(23,11-8-14)13-5-3-2-4-6-13/h2-6,14,23H,7-12H2,1H3,(H,18,22)(H,20,21). The number of nitrogens with zero attached hydrogens (tertiary/aromatic N) is 1. The maximum atomic E-state index is 12.0. The topological polar surface area (TPSA) is 89.9 Å². The van der Waals surface area contributed by atoms with Crippen LogP contribution in [0.5, 0.6) is 0 Å². The lowest BCUT2D eigenvalue weighted by atomic mass is 9.78. The van der Waals surface area contributed by atoms with Crippen LogP contribution in [0.3, 0.4) is 0 Å². The van der Waals surface area contributed by atoms with Gasteiger partial charge in [-0.2, -0.15) is 0 Å². The van der Waals surface area contributed by atoms with Crippen molar-refractivity contribution in [2.75, 3.05) is 13.6 Å². The van der Waals surface area contributed by atoms with Gasteiger partial charge in [0.2, 0.25) is 0 Å². The number of aliphatic carboxylic acids is 1. The van der Waals surface area contributed by atoms with Gasteiger partial charge < -0.3 is 20.4 Å². The fraction of sp³-hybridized carbons (Fsp3) is 0.529. The molecule has 6 heteroatoms. The van der Waals surface area contributed by atoms with Crippen LogP contribution in [-0.2, 0) is 10.4 Å². The van der Waals surface area contributed by atoms with Crippen LogP contribution in [0.15, 0.2) is 30.3 Å². The molecule has 1 aliphatic carbocycles. The van der Waals surface area contributed by atoms with Gasteiger partial charge in [-0.1, -0.05) is 30.3 Å². The molecule has 1 fully saturated rings. The van der Waals surface area contributed by atoms with Crippen molar-refractivity contribution in [3.63, 3.8) is 0 Å². The summed E-state index contributed by atoms with van der Waals surface area (Å²) >= 11 is 0. The summed E-state index contributed by atoms with van der Waals surface area (Å²) in [6, 6.07) is 9.36. The number of aliphatic hydroxyl groups is 1. The molecule has 0 unspecified atom stereocenters. The van der Waals surface area contributed by atoms with Crippen molar-refractivity contribution in [3.05, 3.63) is 35.9 Å². The Kier molecular flexibility index (Phi) is 5.60. The maximum absolute atomic E-state index is 12.0. The molecule has 0 aliphatic heterocycles. The van der Waals surface area contributed by atoms with Gasteiger partial charge in [-0.05, 0) is 31.2 Å². The molecule has 3 N–H and O–H groups in total. The average Bonchev–Trinajstić information content (AvgIpc) is 2.55. The second-order valence-corrected chi connectivity index (χ2v) is 6.19. The van der Waals surface area contributed by atoms with Crippen molar-refractivity contribution in [2.45, 2.75) is 43.7 Å². The highest BCUT2D eigenvalue weighted by atomic mass is 16.4. The summed E-state index contributed by atoms with van der Waals surface area (Å²) in [5.41, 5.74) is 0.0980. The highest BCUT2D eigenvalue weighted by Crippen LogP contribution is 2.36. The van der Waals surface area contributed by atoms with Gasteiger partial charge in [-0.3, -0.25) is 4.79 Å². The van der Waals surface area contributed by atoms with E-state index >= 15 is 0 Å². The van der Waals surface area contributed by atoms with E-state index in [1.54, 1.807) is 7.05 Å². The fourth-order valence-electron chi connectivity index (χ4n) is 2.93. The molecule has 0 spiro atoms. The molecule has 1 aromatic carbocycles. The molecule has 1 saturated carbocycles. The summed E-state index contributed by atoms with van der Waals surface area (Å²) < 4.78 is 0. The second kappa shape index (κ2) is 7.46. The van der Waals surface area contributed by atoms with Crippen molar-refractivity contribution in [2.24, 2.45) is 0 Å². The first-order valence-corrected chi connectivity index (χ1v) is 7.92. The molecule has 0 radical (unpaired) electrons. The van der Waals surface area contributed by atoms with E-state index in [4.69, 9.17) is 5.11 Å². The number of carbonyl (C=O) groups excluding carboxylic acids is 1. The fourth-order valence-corrected chi connectivity index (χ4v) is 2.93. The minimum Gasteiger partial charge on any atom is -0.481 e. The van der Waals surface area contributed by atoms with Gasteiger partial charge in [0.05, 0.1) is 12.0 Å². The Morgan fingerprint density at radius 3 is 2.43 bits per heavy atom. The molecule has 126 valence electrons. The van der Waals surface area contributed by atoms with Crippen molar-refractivity contribution in [1.82, 2.24) is 10.2 Å². The minimum absolute atomic E-state index is 0.0127. The van der Waals surface area contributed by atoms with Gasteiger partial charge in [0.25, 0.3) is 0 Å². The van der Waals surface area contributed by atoms with Crippen LogP contribution in [0.1, 0.15) is 37.7 Å². The summed E-state index contributed by atoms with van der Waals surface area (Å²) in [6.45, 7) is 0.182. The molecular weight excluding hydrogens is 296 g/mol. The monoisotopic (exact) mass is 320 g/mol. The number of hydrogen-bond donors (Lipinski definition) is 3. The Hall–Kier alpha value is -2.08. The van der Waals surface area contributed by atoms with E-state index in [-0.39, 0.29) is 25.0 Å². The summed E-state index contributed by atoms with van der Waals surface area (Å²) in [4.78, 5) is 23.9. The van der Waals surface area contributed by atoms with Gasteiger partial charge in [-0.25, -0.2) is 4.79 Å². The molecule has 2 amide bonds. The zero-order valence-corrected chi connectivity index (χ0v) is 13.4. The highest BCUT2D eigenvalue weighted by molar-refractivity contribution is 5.75. The Morgan fingerprint density at radius 2 is 1.87 bits per heavy atom. The van der Waals surface area contributed by atoms with Crippen molar-refractivity contribution >= 4 is 12.0 Å². The average molecular weight is 320 g/mol. The van der Waals surface area contributed by atoms with Gasteiger partial charge in [0, 0.05) is 19.6 Å². The zero-order valence-electron chi connectivity index (χ0n) is 13.4. The van der Waals surface area contributed by atoms with E-state index in [1.807, 2.05) is 30.3 Å². The summed E-state index contributed by atoms with van der Waals surface area (Å²) in [6.07, 6.45) is 2.53. The summed E-state index contributed by atoms with van der Waals surface area (Å²) in [5.74, 6) is -0.921. The number of rotatable bonds is 5. The third-order valence-corrected chi connectivity index (χ3v) is 4.46. The third-order valence-electron chi connectivity index (χ3n) is 4.46. The molecule has 0 heterocycles. The number of benzene rings is 1. The number of carboxylic acid groups (broad SMARTS) is 1. The third kappa shape index (κ3) is 4.69. The summed E-state index contributed by atoms with van der Waals surface area (Å²) in [5, 5.41) is 22.3. The van der Waals surface area contributed by atoms with Gasteiger partial charge >= 0.3 is 12.0 Å². The second-order valence-electron chi connectivity index (χ2n) is 6.19. The lowest BCUT2D eigenvalue weighted by Crippen LogP contribution is -2.47. The predicted molar refractivity (Wildman–Crippen MR) is 86.0 cm³/mol. The van der Waals surface area contributed by atoms with E-state index < -0.39 is 11.6 Å². The van der Waals surface area contributed by atoms with Crippen LogP contribution >= 0.6 is 0 Å². The number of amides is 2. The van der Waals surface area contributed by atoms with Crippen LogP contribution < -0.4 is 5.32 Å². The molecule has 0 bridgehead atoms. The first-order chi connectivity index (χ1) is 10.9. The molecular formula is C17H24N2O4. The smallest absolute Gasteiger partial charge is 0.317 e. The van der Waals surface area contributed by atoms with E-state index in [1.165, 1.54) is 4.90 Å². The van der Waals surface area contributed by atoms with Crippen LogP contribution in [0.4, 0.5) is 4.79 Å². The quantitative estimate of drug-likeness (QED) is 0.773. The Morgan fingerprint density at radius 1 is 1.26 bits per heavy atom. The zero-order chi connectivity index (χ0) is 16.9. The normalized spacial score (nSPS) is 24.0. The lowest BCUT2D eigenvalue weighted by molar-refractivity contribution is -0.137. The summed E-state index contributed by atoms with van der Waals surface area (Å²) in [7, 11) is 1.58. The molecule has 1 aromatic rings. The molecule has 0 aromatic heterocycles. The van der Waals surface area contributed by atoms with E-state index in [9.17, 15) is 14.7 Å². The number of carboxylic acids is 1. The first-order valence-electron chi connectivity index (χ1n) is 7.92. The molecule has 6 nitrogen and oxygen atoms in total. The van der Waals surface area contributed by atoms with Crippen LogP contribution in [-0.4, -0.2) is 46.7 Å². The first kappa shape index (κ1) is 17.3.